The molecule has 3 heteroatoms. The third-order valence-electron chi connectivity index (χ3n) is 4.60. The molecule has 0 fully saturated rings. The normalized spacial score (nSPS) is 12.9. The fraction of sp³-hybridized carbons (Fsp3) is 0.444. The van der Waals surface area contributed by atoms with E-state index in [2.05, 4.69) is 33.9 Å². The van der Waals surface area contributed by atoms with E-state index in [-0.39, 0.29) is 10.9 Å². The van der Waals surface area contributed by atoms with E-state index < -0.39 is 8.32 Å². The van der Waals surface area contributed by atoms with Crippen LogP contribution in [-0.2, 0) is 10.8 Å². The lowest BCUT2D eigenvalue weighted by Crippen LogP contribution is -2.41. The molecule has 0 aliphatic carbocycles. The van der Waals surface area contributed by atoms with Crippen molar-refractivity contribution in [1.29, 1.82) is 0 Å². The van der Waals surface area contributed by atoms with Crippen LogP contribution >= 0.6 is 0 Å². The Kier molecular flexibility index (Phi) is 4.54. The van der Waals surface area contributed by atoms with Crippen molar-refractivity contribution >= 4 is 19.1 Å². The standard InChI is InChI=1S/C18H25FOSi/c1-18(2,3)21(4,5)20-13-12-16-15-9-7-6-8-14(15)10-11-17(16)19/h6-11H,12-13H2,1-5H3. The van der Waals surface area contributed by atoms with Crippen LogP contribution in [0.2, 0.25) is 18.1 Å². The predicted octanol–water partition coefficient (Wildman–Crippen LogP) is 5.54. The van der Waals surface area contributed by atoms with Crippen molar-refractivity contribution < 1.29 is 8.82 Å². The van der Waals surface area contributed by atoms with Gasteiger partial charge in [-0.15, -0.1) is 0 Å². The molecular weight excluding hydrogens is 279 g/mol. The summed E-state index contributed by atoms with van der Waals surface area (Å²) in [5.74, 6) is -0.132. The molecule has 0 saturated carbocycles. The quantitative estimate of drug-likeness (QED) is 0.674. The van der Waals surface area contributed by atoms with Gasteiger partial charge in [-0.3, -0.25) is 0 Å². The van der Waals surface area contributed by atoms with Crippen LogP contribution in [0.4, 0.5) is 4.39 Å². The van der Waals surface area contributed by atoms with Crippen molar-refractivity contribution in [2.24, 2.45) is 0 Å². The summed E-state index contributed by atoms with van der Waals surface area (Å²) in [6.07, 6.45) is 0.625. The number of rotatable bonds is 4. The summed E-state index contributed by atoms with van der Waals surface area (Å²) in [7, 11) is -1.77. The highest BCUT2D eigenvalue weighted by atomic mass is 28.4. The van der Waals surface area contributed by atoms with Crippen LogP contribution in [0.25, 0.3) is 10.8 Å². The molecule has 0 aromatic heterocycles. The molecule has 0 unspecified atom stereocenters. The average molecular weight is 304 g/mol. The van der Waals surface area contributed by atoms with Gasteiger partial charge in [0.05, 0.1) is 0 Å². The van der Waals surface area contributed by atoms with Crippen molar-refractivity contribution in [2.45, 2.75) is 45.3 Å². The van der Waals surface area contributed by atoms with E-state index >= 15 is 0 Å². The van der Waals surface area contributed by atoms with Gasteiger partial charge in [-0.2, -0.15) is 0 Å². The lowest BCUT2D eigenvalue weighted by atomic mass is 10.0. The number of hydrogen-bond acceptors (Lipinski definition) is 1. The van der Waals surface area contributed by atoms with E-state index in [1.54, 1.807) is 6.07 Å². The first-order chi connectivity index (χ1) is 9.72. The van der Waals surface area contributed by atoms with Crippen molar-refractivity contribution in [3.63, 3.8) is 0 Å². The highest BCUT2D eigenvalue weighted by molar-refractivity contribution is 6.74. The van der Waals surface area contributed by atoms with Gasteiger partial charge in [0, 0.05) is 6.61 Å². The predicted molar refractivity (Wildman–Crippen MR) is 90.8 cm³/mol. The SMILES string of the molecule is CC(C)(C)[Si](C)(C)OCCc1c(F)ccc2ccccc12. The third-order valence-corrected chi connectivity index (χ3v) is 9.14. The number of halogens is 1. The molecule has 2 aromatic rings. The molecule has 0 aliphatic rings. The Morgan fingerprint density at radius 1 is 1.05 bits per heavy atom. The summed E-state index contributed by atoms with van der Waals surface area (Å²) in [6, 6.07) is 11.3. The van der Waals surface area contributed by atoms with E-state index in [1.165, 1.54) is 0 Å². The van der Waals surface area contributed by atoms with Gasteiger partial charge in [0.2, 0.25) is 0 Å². The Balaban J connectivity index is 2.16. The van der Waals surface area contributed by atoms with Gasteiger partial charge in [0.15, 0.2) is 8.32 Å². The first-order valence-electron chi connectivity index (χ1n) is 7.52. The summed E-state index contributed by atoms with van der Waals surface area (Å²) < 4.78 is 20.3. The zero-order chi connectivity index (χ0) is 15.7. The van der Waals surface area contributed by atoms with Gasteiger partial charge in [0.1, 0.15) is 5.82 Å². The smallest absolute Gasteiger partial charge is 0.191 e. The minimum absolute atomic E-state index is 0.132. The maximum Gasteiger partial charge on any atom is 0.191 e. The molecule has 0 radical (unpaired) electrons. The molecule has 21 heavy (non-hydrogen) atoms. The summed E-state index contributed by atoms with van der Waals surface area (Å²) in [5, 5.41) is 2.27. The fourth-order valence-electron chi connectivity index (χ4n) is 2.19. The maximum atomic E-state index is 14.1. The molecular formula is C18H25FOSi. The van der Waals surface area contributed by atoms with Crippen LogP contribution in [0.3, 0.4) is 0 Å². The highest BCUT2D eigenvalue weighted by Gasteiger charge is 2.36. The Labute approximate surface area is 128 Å². The van der Waals surface area contributed by atoms with Crippen LogP contribution in [-0.4, -0.2) is 14.9 Å². The first kappa shape index (κ1) is 16.2. The summed E-state index contributed by atoms with van der Waals surface area (Å²) in [5.41, 5.74) is 0.770. The van der Waals surface area contributed by atoms with Crippen molar-refractivity contribution in [2.75, 3.05) is 6.61 Å². The van der Waals surface area contributed by atoms with E-state index in [0.29, 0.717) is 13.0 Å². The van der Waals surface area contributed by atoms with Crippen LogP contribution in [0, 0.1) is 5.82 Å². The molecule has 2 rings (SSSR count). The summed E-state index contributed by atoms with van der Waals surface area (Å²) in [4.78, 5) is 0. The average Bonchev–Trinajstić information content (AvgIpc) is 2.40. The van der Waals surface area contributed by atoms with Crippen molar-refractivity contribution in [3.05, 3.63) is 47.8 Å². The largest absolute Gasteiger partial charge is 0.416 e. The molecule has 0 amide bonds. The Morgan fingerprint density at radius 2 is 1.71 bits per heavy atom. The molecule has 0 atom stereocenters. The molecule has 1 nitrogen and oxygen atoms in total. The van der Waals surface area contributed by atoms with E-state index in [9.17, 15) is 4.39 Å². The topological polar surface area (TPSA) is 9.23 Å². The van der Waals surface area contributed by atoms with Gasteiger partial charge in [0.25, 0.3) is 0 Å². The zero-order valence-electron chi connectivity index (χ0n) is 13.7. The molecule has 0 heterocycles. The molecule has 114 valence electrons. The van der Waals surface area contributed by atoms with Crippen molar-refractivity contribution in [3.8, 4) is 0 Å². The molecule has 0 spiro atoms. The Bertz CT molecular complexity index is 629. The summed E-state index contributed by atoms with van der Waals surface area (Å²) in [6.45, 7) is 11.7. The van der Waals surface area contributed by atoms with Crippen LogP contribution in [0.15, 0.2) is 36.4 Å². The minimum atomic E-state index is -1.77. The second-order valence-electron chi connectivity index (χ2n) is 7.11. The molecule has 0 aliphatic heterocycles. The first-order valence-corrected chi connectivity index (χ1v) is 10.4. The number of benzene rings is 2. The van der Waals surface area contributed by atoms with Gasteiger partial charge in [-0.1, -0.05) is 51.1 Å². The second-order valence-corrected chi connectivity index (χ2v) is 11.9. The zero-order valence-corrected chi connectivity index (χ0v) is 14.7. The van der Waals surface area contributed by atoms with Crippen LogP contribution < -0.4 is 0 Å². The monoisotopic (exact) mass is 304 g/mol. The molecule has 2 aromatic carbocycles. The highest BCUT2D eigenvalue weighted by Crippen LogP contribution is 2.36. The van der Waals surface area contributed by atoms with E-state index in [4.69, 9.17) is 4.43 Å². The lowest BCUT2D eigenvalue weighted by molar-refractivity contribution is 0.291. The molecule has 0 N–H and O–H groups in total. The maximum absolute atomic E-state index is 14.1. The van der Waals surface area contributed by atoms with Crippen LogP contribution in [0.1, 0.15) is 26.3 Å². The summed E-state index contributed by atoms with van der Waals surface area (Å²) >= 11 is 0. The molecule has 0 saturated heterocycles. The van der Waals surface area contributed by atoms with E-state index in [0.717, 1.165) is 16.3 Å². The van der Waals surface area contributed by atoms with Gasteiger partial charge >= 0.3 is 0 Å². The van der Waals surface area contributed by atoms with Gasteiger partial charge in [-0.05, 0) is 47.0 Å². The molecule has 0 bridgehead atoms. The number of fused-ring (bicyclic) bond motifs is 1. The fourth-order valence-corrected chi connectivity index (χ4v) is 3.23. The van der Waals surface area contributed by atoms with Gasteiger partial charge in [-0.25, -0.2) is 4.39 Å². The second kappa shape index (κ2) is 5.89. The number of hydrogen-bond donors (Lipinski definition) is 0. The van der Waals surface area contributed by atoms with Gasteiger partial charge < -0.3 is 4.43 Å². The third kappa shape index (κ3) is 3.53. The Morgan fingerprint density at radius 3 is 2.38 bits per heavy atom. The minimum Gasteiger partial charge on any atom is -0.416 e. The van der Waals surface area contributed by atoms with Crippen LogP contribution in [0.5, 0.6) is 0 Å². The van der Waals surface area contributed by atoms with Crippen molar-refractivity contribution in [1.82, 2.24) is 0 Å². The lowest BCUT2D eigenvalue weighted by Gasteiger charge is -2.36. The van der Waals surface area contributed by atoms with E-state index in [1.807, 2.05) is 30.3 Å². The Hall–Kier alpha value is -1.19.